The maximum Gasteiger partial charge on any atom is 0.119 e. The molecule has 0 amide bonds. The molecule has 2 rings (SSSR count). The zero-order chi connectivity index (χ0) is 16.5. The van der Waals surface area contributed by atoms with Crippen LogP contribution in [0, 0.1) is 6.92 Å². The molecule has 0 aliphatic rings. The molecule has 0 spiro atoms. The van der Waals surface area contributed by atoms with Gasteiger partial charge < -0.3 is 9.84 Å². The number of allylic oxidation sites excluding steroid dienone is 1. The van der Waals surface area contributed by atoms with E-state index >= 15 is 0 Å². The van der Waals surface area contributed by atoms with Crippen molar-refractivity contribution in [3.8, 4) is 11.5 Å². The highest BCUT2D eigenvalue weighted by Crippen LogP contribution is 2.25. The quantitative estimate of drug-likeness (QED) is 0.804. The Kier molecular flexibility index (Phi) is 7.24. The van der Waals surface area contributed by atoms with Gasteiger partial charge in [-0.2, -0.15) is 0 Å². The SMILES string of the molecule is C/C=C/c1ccc(OC)cc1.Cc1ccc(C(C)C)c(O)c1. The van der Waals surface area contributed by atoms with Gasteiger partial charge in [-0.05, 0) is 54.7 Å². The Labute approximate surface area is 134 Å². The molecule has 0 heterocycles. The van der Waals surface area contributed by atoms with Gasteiger partial charge in [0.15, 0.2) is 0 Å². The molecule has 0 aliphatic carbocycles. The number of hydrogen-bond acceptors (Lipinski definition) is 2. The maximum atomic E-state index is 9.46. The predicted molar refractivity (Wildman–Crippen MR) is 94.6 cm³/mol. The van der Waals surface area contributed by atoms with Crippen molar-refractivity contribution >= 4 is 6.08 Å². The minimum absolute atomic E-state index is 0.399. The van der Waals surface area contributed by atoms with Crippen molar-refractivity contribution < 1.29 is 9.84 Å². The Morgan fingerprint density at radius 1 is 1.05 bits per heavy atom. The molecule has 2 heteroatoms. The van der Waals surface area contributed by atoms with Crippen molar-refractivity contribution in [2.45, 2.75) is 33.6 Å². The summed E-state index contributed by atoms with van der Waals surface area (Å²) in [5, 5.41) is 9.46. The van der Waals surface area contributed by atoms with Gasteiger partial charge in [-0.3, -0.25) is 0 Å². The van der Waals surface area contributed by atoms with E-state index in [0.717, 1.165) is 16.9 Å². The second-order valence-corrected chi connectivity index (χ2v) is 5.49. The third-order valence-electron chi connectivity index (χ3n) is 3.28. The average molecular weight is 298 g/mol. The van der Waals surface area contributed by atoms with Gasteiger partial charge in [-0.1, -0.05) is 50.3 Å². The first kappa shape index (κ1) is 17.8. The van der Waals surface area contributed by atoms with E-state index in [-0.39, 0.29) is 0 Å². The van der Waals surface area contributed by atoms with E-state index in [0.29, 0.717) is 11.7 Å². The summed E-state index contributed by atoms with van der Waals surface area (Å²) < 4.78 is 5.02. The Morgan fingerprint density at radius 2 is 1.68 bits per heavy atom. The second-order valence-electron chi connectivity index (χ2n) is 5.49. The summed E-state index contributed by atoms with van der Waals surface area (Å²) in [7, 11) is 1.67. The zero-order valence-electron chi connectivity index (χ0n) is 14.1. The van der Waals surface area contributed by atoms with E-state index in [1.54, 1.807) is 13.2 Å². The lowest BCUT2D eigenvalue weighted by atomic mass is 10.0. The first-order chi connectivity index (χ1) is 10.5. The number of benzene rings is 2. The minimum atomic E-state index is 0.399. The fourth-order valence-corrected chi connectivity index (χ4v) is 2.05. The summed E-state index contributed by atoms with van der Waals surface area (Å²) in [5.74, 6) is 1.72. The molecular formula is C20H26O2. The molecule has 0 fully saturated rings. The van der Waals surface area contributed by atoms with E-state index in [1.807, 2.05) is 56.3 Å². The molecule has 2 aromatic carbocycles. The van der Waals surface area contributed by atoms with Crippen molar-refractivity contribution in [3.63, 3.8) is 0 Å². The Hall–Kier alpha value is -2.22. The fourth-order valence-electron chi connectivity index (χ4n) is 2.05. The molecule has 0 saturated carbocycles. The molecule has 0 atom stereocenters. The van der Waals surface area contributed by atoms with Gasteiger partial charge in [-0.15, -0.1) is 0 Å². The normalized spacial score (nSPS) is 10.5. The number of ether oxygens (including phenoxy) is 1. The molecule has 2 nitrogen and oxygen atoms in total. The third kappa shape index (κ3) is 5.65. The highest BCUT2D eigenvalue weighted by molar-refractivity contribution is 5.50. The Balaban J connectivity index is 0.000000220. The lowest BCUT2D eigenvalue weighted by molar-refractivity contribution is 0.415. The highest BCUT2D eigenvalue weighted by Gasteiger charge is 2.03. The summed E-state index contributed by atoms with van der Waals surface area (Å²) in [6.07, 6.45) is 4.07. The van der Waals surface area contributed by atoms with Crippen molar-refractivity contribution in [1.82, 2.24) is 0 Å². The van der Waals surface area contributed by atoms with Crippen LogP contribution in [0.4, 0.5) is 0 Å². The standard InChI is InChI=1S/C10H14O.C10H12O/c1-7(2)9-5-4-8(3)6-10(9)11;1-3-4-9-5-7-10(11-2)8-6-9/h4-7,11H,1-3H3;3-8H,1-2H3/b;4-3+. The summed E-state index contributed by atoms with van der Waals surface area (Å²) >= 11 is 0. The molecule has 0 unspecified atom stereocenters. The van der Waals surface area contributed by atoms with Gasteiger partial charge in [0.1, 0.15) is 11.5 Å². The molecule has 0 bridgehead atoms. The van der Waals surface area contributed by atoms with Crippen LogP contribution in [0.3, 0.4) is 0 Å². The number of phenols is 1. The summed E-state index contributed by atoms with van der Waals surface area (Å²) in [5.41, 5.74) is 3.33. The molecule has 118 valence electrons. The van der Waals surface area contributed by atoms with Crippen LogP contribution in [0.2, 0.25) is 0 Å². The molecule has 0 saturated heterocycles. The van der Waals surface area contributed by atoms with Crippen LogP contribution in [-0.4, -0.2) is 12.2 Å². The van der Waals surface area contributed by atoms with E-state index in [4.69, 9.17) is 4.74 Å². The number of methoxy groups -OCH3 is 1. The van der Waals surface area contributed by atoms with Crippen LogP contribution in [0.25, 0.3) is 6.08 Å². The van der Waals surface area contributed by atoms with Crippen molar-refractivity contribution in [2.24, 2.45) is 0 Å². The van der Waals surface area contributed by atoms with Crippen LogP contribution in [0.15, 0.2) is 48.5 Å². The lowest BCUT2D eigenvalue weighted by Gasteiger charge is -2.07. The zero-order valence-corrected chi connectivity index (χ0v) is 14.1. The van der Waals surface area contributed by atoms with E-state index < -0.39 is 0 Å². The number of rotatable bonds is 3. The molecular weight excluding hydrogens is 272 g/mol. The molecule has 2 aromatic rings. The fraction of sp³-hybridized carbons (Fsp3) is 0.300. The minimum Gasteiger partial charge on any atom is -0.508 e. The van der Waals surface area contributed by atoms with E-state index in [9.17, 15) is 5.11 Å². The van der Waals surface area contributed by atoms with E-state index in [2.05, 4.69) is 19.9 Å². The first-order valence-corrected chi connectivity index (χ1v) is 7.54. The predicted octanol–water partition coefficient (Wildman–Crippen LogP) is 5.55. The third-order valence-corrected chi connectivity index (χ3v) is 3.28. The van der Waals surface area contributed by atoms with Gasteiger partial charge in [0.05, 0.1) is 7.11 Å². The van der Waals surface area contributed by atoms with Crippen LogP contribution in [0.1, 0.15) is 43.4 Å². The number of aryl methyl sites for hydroxylation is 1. The second kappa shape index (κ2) is 8.93. The van der Waals surface area contributed by atoms with Crippen molar-refractivity contribution in [2.75, 3.05) is 7.11 Å². The summed E-state index contributed by atoms with van der Waals surface area (Å²) in [6, 6.07) is 13.8. The Bertz CT molecular complexity index is 596. The van der Waals surface area contributed by atoms with Crippen molar-refractivity contribution in [3.05, 3.63) is 65.2 Å². The van der Waals surface area contributed by atoms with Crippen LogP contribution in [0.5, 0.6) is 11.5 Å². The van der Waals surface area contributed by atoms with Gasteiger partial charge in [0.2, 0.25) is 0 Å². The number of hydrogen-bond donors (Lipinski definition) is 1. The van der Waals surface area contributed by atoms with Gasteiger partial charge in [-0.25, -0.2) is 0 Å². The van der Waals surface area contributed by atoms with Gasteiger partial charge in [0, 0.05) is 0 Å². The lowest BCUT2D eigenvalue weighted by Crippen LogP contribution is -1.87. The molecule has 0 aliphatic heterocycles. The van der Waals surface area contributed by atoms with Crippen LogP contribution < -0.4 is 4.74 Å². The number of phenolic OH excluding ortho intramolecular Hbond substituents is 1. The van der Waals surface area contributed by atoms with Gasteiger partial charge in [0.25, 0.3) is 0 Å². The monoisotopic (exact) mass is 298 g/mol. The topological polar surface area (TPSA) is 29.5 Å². The summed E-state index contributed by atoms with van der Waals surface area (Å²) in [4.78, 5) is 0. The number of aromatic hydroxyl groups is 1. The molecule has 22 heavy (non-hydrogen) atoms. The maximum absolute atomic E-state index is 9.46. The largest absolute Gasteiger partial charge is 0.508 e. The molecule has 0 radical (unpaired) electrons. The van der Waals surface area contributed by atoms with Crippen LogP contribution >= 0.6 is 0 Å². The van der Waals surface area contributed by atoms with Crippen LogP contribution in [-0.2, 0) is 0 Å². The Morgan fingerprint density at radius 3 is 2.14 bits per heavy atom. The highest BCUT2D eigenvalue weighted by atomic mass is 16.5. The first-order valence-electron chi connectivity index (χ1n) is 7.54. The smallest absolute Gasteiger partial charge is 0.119 e. The molecule has 0 aromatic heterocycles. The molecule has 1 N–H and O–H groups in total. The summed E-state index contributed by atoms with van der Waals surface area (Å²) in [6.45, 7) is 8.13. The van der Waals surface area contributed by atoms with E-state index in [1.165, 1.54) is 5.56 Å². The van der Waals surface area contributed by atoms with Crippen molar-refractivity contribution in [1.29, 1.82) is 0 Å². The average Bonchev–Trinajstić information content (AvgIpc) is 2.48. The van der Waals surface area contributed by atoms with Gasteiger partial charge >= 0.3 is 0 Å².